The molecule has 0 radical (unpaired) electrons. The van der Waals surface area contributed by atoms with E-state index < -0.39 is 6.43 Å². The van der Waals surface area contributed by atoms with Gasteiger partial charge in [0.2, 0.25) is 0 Å². The molecule has 2 rings (SSSR count). The monoisotopic (exact) mass is 276 g/mol. The van der Waals surface area contributed by atoms with Crippen molar-refractivity contribution in [2.75, 3.05) is 20.1 Å². The summed E-state index contributed by atoms with van der Waals surface area (Å²) in [7, 11) is 2.05. The summed E-state index contributed by atoms with van der Waals surface area (Å²) in [5.74, 6) is 0. The Bertz CT molecular complexity index is 368. The van der Waals surface area contributed by atoms with Crippen molar-refractivity contribution >= 4 is 12.4 Å². The number of hydrogen-bond acceptors (Lipinski definition) is 2. The van der Waals surface area contributed by atoms with E-state index in [9.17, 15) is 8.78 Å². The lowest BCUT2D eigenvalue weighted by Gasteiger charge is -2.23. The van der Waals surface area contributed by atoms with Gasteiger partial charge in [-0.3, -0.25) is 4.90 Å². The first-order chi connectivity index (χ1) is 8.16. The summed E-state index contributed by atoms with van der Waals surface area (Å²) in [5, 5.41) is 3.31. The predicted octanol–water partition coefficient (Wildman–Crippen LogP) is 2.84. The number of nitrogens with zero attached hydrogens (tertiary/aromatic N) is 1. The molecule has 0 saturated carbocycles. The van der Waals surface area contributed by atoms with E-state index in [2.05, 4.69) is 10.2 Å². The maximum Gasteiger partial charge on any atom is 0.263 e. The molecule has 0 spiro atoms. The van der Waals surface area contributed by atoms with Crippen LogP contribution in [0.2, 0.25) is 0 Å². The highest BCUT2D eigenvalue weighted by atomic mass is 35.5. The van der Waals surface area contributed by atoms with Crippen LogP contribution in [-0.2, 0) is 6.54 Å². The molecule has 0 amide bonds. The molecule has 1 aromatic rings. The molecule has 1 saturated heterocycles. The van der Waals surface area contributed by atoms with Crippen LogP contribution in [0.1, 0.15) is 24.0 Å². The zero-order chi connectivity index (χ0) is 12.3. The van der Waals surface area contributed by atoms with Gasteiger partial charge in [0, 0.05) is 24.7 Å². The lowest BCUT2D eigenvalue weighted by molar-refractivity contribution is 0.151. The molecule has 1 unspecified atom stereocenters. The van der Waals surface area contributed by atoms with E-state index >= 15 is 0 Å². The molecule has 1 aromatic carbocycles. The van der Waals surface area contributed by atoms with E-state index in [1.165, 1.54) is 6.07 Å². The molecule has 0 aromatic heterocycles. The fourth-order valence-electron chi connectivity index (χ4n) is 2.26. The molecule has 18 heavy (non-hydrogen) atoms. The summed E-state index contributed by atoms with van der Waals surface area (Å²) < 4.78 is 25.1. The van der Waals surface area contributed by atoms with Crippen LogP contribution in [0.5, 0.6) is 0 Å². The Morgan fingerprint density at radius 1 is 1.44 bits per heavy atom. The Kier molecular flexibility index (Phi) is 5.99. The molecular formula is C13H19ClF2N2. The molecule has 102 valence electrons. The third kappa shape index (κ3) is 3.90. The SMILES string of the molecule is CN(Cc1cccc(C(F)F)c1)C1CCNC1.Cl. The van der Waals surface area contributed by atoms with E-state index in [1.54, 1.807) is 12.1 Å². The van der Waals surface area contributed by atoms with Crippen molar-refractivity contribution in [1.29, 1.82) is 0 Å². The van der Waals surface area contributed by atoms with E-state index in [0.29, 0.717) is 6.04 Å². The molecule has 1 N–H and O–H groups in total. The maximum atomic E-state index is 12.6. The van der Waals surface area contributed by atoms with E-state index in [0.717, 1.165) is 31.6 Å². The minimum absolute atomic E-state index is 0. The second-order valence-corrected chi connectivity index (χ2v) is 4.61. The van der Waals surface area contributed by atoms with Gasteiger partial charge in [0.05, 0.1) is 0 Å². The number of halogens is 3. The molecule has 0 aliphatic carbocycles. The van der Waals surface area contributed by atoms with Crippen molar-refractivity contribution in [3.05, 3.63) is 35.4 Å². The molecule has 1 fully saturated rings. The number of hydrogen-bond donors (Lipinski definition) is 1. The Morgan fingerprint density at radius 2 is 2.22 bits per heavy atom. The van der Waals surface area contributed by atoms with Gasteiger partial charge in [-0.2, -0.15) is 0 Å². The largest absolute Gasteiger partial charge is 0.315 e. The Labute approximate surface area is 113 Å². The number of likely N-dealkylation sites (N-methyl/N-ethyl adjacent to an activating group) is 1. The summed E-state index contributed by atoms with van der Waals surface area (Å²) in [6, 6.07) is 7.21. The van der Waals surface area contributed by atoms with Gasteiger partial charge >= 0.3 is 0 Å². The smallest absolute Gasteiger partial charge is 0.263 e. The lowest BCUT2D eigenvalue weighted by Crippen LogP contribution is -2.32. The average molecular weight is 277 g/mol. The average Bonchev–Trinajstić information content (AvgIpc) is 2.82. The number of benzene rings is 1. The molecule has 5 heteroatoms. The van der Waals surface area contributed by atoms with Gasteiger partial charge in [0.15, 0.2) is 0 Å². The fraction of sp³-hybridized carbons (Fsp3) is 0.538. The summed E-state index contributed by atoms with van der Waals surface area (Å²) >= 11 is 0. The molecule has 0 bridgehead atoms. The first-order valence-electron chi connectivity index (χ1n) is 5.95. The van der Waals surface area contributed by atoms with E-state index in [-0.39, 0.29) is 18.0 Å². The zero-order valence-corrected chi connectivity index (χ0v) is 11.2. The van der Waals surface area contributed by atoms with Crippen LogP contribution in [0.4, 0.5) is 8.78 Å². The third-order valence-electron chi connectivity index (χ3n) is 3.29. The van der Waals surface area contributed by atoms with Gasteiger partial charge in [-0.1, -0.05) is 18.2 Å². The quantitative estimate of drug-likeness (QED) is 0.910. The highest BCUT2D eigenvalue weighted by molar-refractivity contribution is 5.85. The Balaban J connectivity index is 0.00000162. The van der Waals surface area contributed by atoms with Crippen molar-refractivity contribution < 1.29 is 8.78 Å². The Hall–Kier alpha value is -0.710. The minimum atomic E-state index is -2.38. The van der Waals surface area contributed by atoms with Crippen molar-refractivity contribution in [1.82, 2.24) is 10.2 Å². The van der Waals surface area contributed by atoms with Crippen molar-refractivity contribution in [3.63, 3.8) is 0 Å². The first-order valence-corrected chi connectivity index (χ1v) is 5.95. The number of alkyl halides is 2. The van der Waals surface area contributed by atoms with Crippen LogP contribution < -0.4 is 5.32 Å². The van der Waals surface area contributed by atoms with Gasteiger partial charge < -0.3 is 5.32 Å². The summed E-state index contributed by atoms with van der Waals surface area (Å²) in [6.07, 6.45) is -1.25. The van der Waals surface area contributed by atoms with Crippen LogP contribution in [0.15, 0.2) is 24.3 Å². The number of rotatable bonds is 4. The molecule has 1 aliphatic rings. The second-order valence-electron chi connectivity index (χ2n) is 4.61. The molecule has 1 aliphatic heterocycles. The Morgan fingerprint density at radius 3 is 2.83 bits per heavy atom. The molecular weight excluding hydrogens is 258 g/mol. The molecule has 1 heterocycles. The van der Waals surface area contributed by atoms with Crippen LogP contribution in [0.25, 0.3) is 0 Å². The minimum Gasteiger partial charge on any atom is -0.315 e. The highest BCUT2D eigenvalue weighted by Gasteiger charge is 2.19. The normalized spacial score (nSPS) is 19.3. The highest BCUT2D eigenvalue weighted by Crippen LogP contribution is 2.20. The summed E-state index contributed by atoms with van der Waals surface area (Å²) in [4.78, 5) is 2.23. The number of nitrogens with one attached hydrogen (secondary N) is 1. The fourth-order valence-corrected chi connectivity index (χ4v) is 2.26. The molecule has 1 atom stereocenters. The van der Waals surface area contributed by atoms with Crippen molar-refractivity contribution in [2.45, 2.75) is 25.4 Å². The van der Waals surface area contributed by atoms with Crippen LogP contribution >= 0.6 is 12.4 Å². The maximum absolute atomic E-state index is 12.6. The van der Waals surface area contributed by atoms with E-state index in [1.807, 2.05) is 13.1 Å². The molecule has 2 nitrogen and oxygen atoms in total. The van der Waals surface area contributed by atoms with E-state index in [4.69, 9.17) is 0 Å². The standard InChI is InChI=1S/C13H18F2N2.ClH/c1-17(12-5-6-16-8-12)9-10-3-2-4-11(7-10)13(14)15;/h2-4,7,12-13,16H,5-6,8-9H2,1H3;1H. The zero-order valence-electron chi connectivity index (χ0n) is 10.4. The van der Waals surface area contributed by atoms with Crippen LogP contribution in [0.3, 0.4) is 0 Å². The van der Waals surface area contributed by atoms with Gasteiger partial charge in [0.25, 0.3) is 6.43 Å². The van der Waals surface area contributed by atoms with Gasteiger partial charge in [-0.25, -0.2) is 8.78 Å². The van der Waals surface area contributed by atoms with Gasteiger partial charge in [-0.15, -0.1) is 12.4 Å². The second kappa shape index (κ2) is 7.02. The topological polar surface area (TPSA) is 15.3 Å². The van der Waals surface area contributed by atoms with Crippen LogP contribution in [0, 0.1) is 0 Å². The van der Waals surface area contributed by atoms with Crippen molar-refractivity contribution in [3.8, 4) is 0 Å². The van der Waals surface area contributed by atoms with Gasteiger partial charge in [-0.05, 0) is 31.6 Å². The first kappa shape index (κ1) is 15.3. The third-order valence-corrected chi connectivity index (χ3v) is 3.29. The van der Waals surface area contributed by atoms with Gasteiger partial charge in [0.1, 0.15) is 0 Å². The van der Waals surface area contributed by atoms with Crippen molar-refractivity contribution in [2.24, 2.45) is 0 Å². The lowest BCUT2D eigenvalue weighted by atomic mass is 10.1. The van der Waals surface area contributed by atoms with Crippen LogP contribution in [-0.4, -0.2) is 31.1 Å². The predicted molar refractivity (Wildman–Crippen MR) is 71.4 cm³/mol. The summed E-state index contributed by atoms with van der Waals surface area (Å²) in [6.45, 7) is 2.77. The summed E-state index contributed by atoms with van der Waals surface area (Å²) in [5.41, 5.74) is 1.07.